The molecule has 3 rings (SSSR count). The molecule has 180 valence electrons. The Kier molecular flexibility index (Phi) is 7.26. The number of hydrogen-bond donors (Lipinski definition) is 2. The number of carboxylic acids is 1. The van der Waals surface area contributed by atoms with Crippen molar-refractivity contribution in [3.63, 3.8) is 0 Å². The number of benzene rings is 1. The van der Waals surface area contributed by atoms with Crippen LogP contribution in [-0.2, 0) is 25.7 Å². The quantitative estimate of drug-likeness (QED) is 0.550. The number of hydrogen-bond acceptors (Lipinski definition) is 4. The summed E-state index contributed by atoms with van der Waals surface area (Å²) in [7, 11) is -4.31. The van der Waals surface area contributed by atoms with E-state index in [9.17, 15) is 26.4 Å². The molecule has 2 aliphatic rings. The number of sulfonamides is 1. The lowest BCUT2D eigenvalue weighted by atomic mass is 9.94. The summed E-state index contributed by atoms with van der Waals surface area (Å²) in [5.41, 5.74) is 0.916. The molecule has 1 aromatic carbocycles. The Bertz CT molecular complexity index is 1130. The maximum Gasteiger partial charge on any atom is 0.416 e. The molecule has 0 aromatic heterocycles. The zero-order chi connectivity index (χ0) is 24.4. The van der Waals surface area contributed by atoms with Crippen LogP contribution in [0.4, 0.5) is 13.2 Å². The minimum atomic E-state index is -4.68. The van der Waals surface area contributed by atoms with Gasteiger partial charge >= 0.3 is 12.1 Å². The Hall–Kier alpha value is -2.75. The van der Waals surface area contributed by atoms with Gasteiger partial charge < -0.3 is 9.84 Å². The fraction of sp³-hybridized carbons (Fsp3) is 0.435. The number of aliphatic carboxylic acids is 1. The van der Waals surface area contributed by atoms with Crippen LogP contribution in [0, 0.1) is 0 Å². The Morgan fingerprint density at radius 2 is 1.88 bits per heavy atom. The number of fused-ring (bicyclic) bond motifs is 1. The number of carbonyl (C=O) groups is 1. The molecule has 2 aliphatic carbocycles. The monoisotopic (exact) mass is 485 g/mol. The molecular formula is C23H26F3NO5S. The first-order chi connectivity index (χ1) is 15.4. The van der Waals surface area contributed by atoms with Crippen molar-refractivity contribution in [2.75, 3.05) is 6.61 Å². The SMILES string of the molecule is CC(C)c1cc(C(F)(F)F)cc(S(=O)(=O)NC2=C3C=CCC(OCC(=O)O)=C3CCCC2)c1. The van der Waals surface area contributed by atoms with Gasteiger partial charge in [-0.15, -0.1) is 0 Å². The van der Waals surface area contributed by atoms with E-state index < -0.39 is 39.2 Å². The summed E-state index contributed by atoms with van der Waals surface area (Å²) in [5.74, 6) is -0.955. The molecule has 0 atom stereocenters. The molecule has 0 saturated carbocycles. The van der Waals surface area contributed by atoms with Gasteiger partial charge in [-0.3, -0.25) is 4.72 Å². The minimum absolute atomic E-state index is 0.270. The smallest absolute Gasteiger partial charge is 0.416 e. The average molecular weight is 486 g/mol. The van der Waals surface area contributed by atoms with Gasteiger partial charge in [-0.2, -0.15) is 13.2 Å². The van der Waals surface area contributed by atoms with Crippen LogP contribution < -0.4 is 4.72 Å². The van der Waals surface area contributed by atoms with E-state index in [4.69, 9.17) is 9.84 Å². The molecule has 0 radical (unpaired) electrons. The summed E-state index contributed by atoms with van der Waals surface area (Å²) in [4.78, 5) is 10.5. The van der Waals surface area contributed by atoms with Crippen LogP contribution in [0.15, 0.2) is 57.8 Å². The lowest BCUT2D eigenvalue weighted by Crippen LogP contribution is -2.25. The summed E-state index contributed by atoms with van der Waals surface area (Å²) >= 11 is 0. The predicted octanol–water partition coefficient (Wildman–Crippen LogP) is 5.25. The van der Waals surface area contributed by atoms with Crippen LogP contribution in [-0.4, -0.2) is 26.1 Å². The van der Waals surface area contributed by atoms with Crippen LogP contribution in [0.3, 0.4) is 0 Å². The van der Waals surface area contributed by atoms with Crippen molar-refractivity contribution in [3.05, 3.63) is 64.1 Å². The highest BCUT2D eigenvalue weighted by atomic mass is 32.2. The number of rotatable bonds is 7. The molecule has 2 N–H and O–H groups in total. The number of nitrogens with one attached hydrogen (secondary N) is 1. The van der Waals surface area contributed by atoms with Gasteiger partial charge in [0, 0.05) is 17.7 Å². The number of carboxylic acid groups (broad SMARTS) is 1. The van der Waals surface area contributed by atoms with Crippen molar-refractivity contribution in [1.82, 2.24) is 4.72 Å². The third-order valence-corrected chi connectivity index (χ3v) is 6.91. The molecular weight excluding hydrogens is 459 g/mol. The third-order valence-electron chi connectivity index (χ3n) is 5.54. The Balaban J connectivity index is 2.04. The Morgan fingerprint density at radius 3 is 2.52 bits per heavy atom. The number of allylic oxidation sites excluding steroid dienone is 5. The zero-order valence-electron chi connectivity index (χ0n) is 18.3. The fourth-order valence-corrected chi connectivity index (χ4v) is 5.08. The second kappa shape index (κ2) is 9.62. The van der Waals surface area contributed by atoms with E-state index in [-0.39, 0.29) is 11.5 Å². The lowest BCUT2D eigenvalue weighted by molar-refractivity contribution is -0.141. The first-order valence-electron chi connectivity index (χ1n) is 10.6. The maximum absolute atomic E-state index is 13.4. The molecule has 6 nitrogen and oxygen atoms in total. The lowest BCUT2D eigenvalue weighted by Gasteiger charge is -2.21. The second-order valence-electron chi connectivity index (χ2n) is 8.34. The summed E-state index contributed by atoms with van der Waals surface area (Å²) in [6.45, 7) is 2.87. The molecule has 10 heteroatoms. The summed E-state index contributed by atoms with van der Waals surface area (Å²) in [6, 6.07) is 2.87. The van der Waals surface area contributed by atoms with E-state index in [1.54, 1.807) is 26.0 Å². The predicted molar refractivity (Wildman–Crippen MR) is 116 cm³/mol. The van der Waals surface area contributed by atoms with Crippen molar-refractivity contribution in [2.24, 2.45) is 0 Å². The Morgan fingerprint density at radius 1 is 1.18 bits per heavy atom. The van der Waals surface area contributed by atoms with Crippen LogP contribution in [0.2, 0.25) is 0 Å². The number of halogens is 3. The van der Waals surface area contributed by atoms with E-state index in [0.717, 1.165) is 18.1 Å². The highest BCUT2D eigenvalue weighted by Gasteiger charge is 2.33. The first-order valence-corrected chi connectivity index (χ1v) is 12.1. The molecule has 0 saturated heterocycles. The number of ether oxygens (including phenoxy) is 1. The maximum atomic E-state index is 13.4. The molecule has 0 unspecified atom stereocenters. The topological polar surface area (TPSA) is 92.7 Å². The zero-order valence-corrected chi connectivity index (χ0v) is 19.1. The van der Waals surface area contributed by atoms with Crippen LogP contribution in [0.25, 0.3) is 0 Å². The Labute approximate surface area is 190 Å². The molecule has 1 aromatic rings. The van der Waals surface area contributed by atoms with E-state index >= 15 is 0 Å². The van der Waals surface area contributed by atoms with Crippen molar-refractivity contribution < 1.29 is 36.2 Å². The van der Waals surface area contributed by atoms with E-state index in [1.165, 1.54) is 6.07 Å². The van der Waals surface area contributed by atoms with Gasteiger partial charge in [-0.25, -0.2) is 13.2 Å². The van der Waals surface area contributed by atoms with Gasteiger partial charge in [-0.05, 0) is 60.9 Å². The van der Waals surface area contributed by atoms with Crippen LogP contribution in [0.1, 0.15) is 63.0 Å². The van der Waals surface area contributed by atoms with Crippen LogP contribution in [0.5, 0.6) is 0 Å². The van der Waals surface area contributed by atoms with Gasteiger partial charge in [0.15, 0.2) is 6.61 Å². The van der Waals surface area contributed by atoms with Gasteiger partial charge in [0.2, 0.25) is 0 Å². The van der Waals surface area contributed by atoms with Crippen molar-refractivity contribution in [3.8, 4) is 0 Å². The number of alkyl halides is 3. The van der Waals surface area contributed by atoms with Gasteiger partial charge in [0.05, 0.1) is 10.5 Å². The molecule has 0 bridgehead atoms. The van der Waals surface area contributed by atoms with Crippen molar-refractivity contribution >= 4 is 16.0 Å². The van der Waals surface area contributed by atoms with Crippen LogP contribution >= 0.6 is 0 Å². The summed E-state index contributed by atoms with van der Waals surface area (Å²) in [6.07, 6.45) is 1.55. The molecule has 0 aliphatic heterocycles. The third kappa shape index (κ3) is 5.98. The second-order valence-corrected chi connectivity index (χ2v) is 10.0. The average Bonchev–Trinajstić information content (AvgIpc) is 2.93. The van der Waals surface area contributed by atoms with Crippen molar-refractivity contribution in [2.45, 2.75) is 62.9 Å². The van der Waals surface area contributed by atoms with E-state index in [0.29, 0.717) is 48.8 Å². The standard InChI is InChI=1S/C23H26F3NO5S/c1-14(2)15-10-16(23(24,25)26)12-17(11-15)33(30,31)27-20-8-4-3-6-19-18(20)7-5-9-21(19)32-13-22(28)29/h5,7,10-12,14,27H,3-4,6,8-9,13H2,1-2H3,(H,28,29). The molecule has 0 amide bonds. The highest BCUT2D eigenvalue weighted by Crippen LogP contribution is 2.37. The van der Waals surface area contributed by atoms with E-state index in [1.807, 2.05) is 0 Å². The van der Waals surface area contributed by atoms with Gasteiger partial charge in [0.1, 0.15) is 5.76 Å². The minimum Gasteiger partial charge on any atom is -0.486 e. The fourth-order valence-electron chi connectivity index (χ4n) is 3.85. The molecule has 33 heavy (non-hydrogen) atoms. The van der Waals surface area contributed by atoms with Crippen molar-refractivity contribution in [1.29, 1.82) is 0 Å². The highest BCUT2D eigenvalue weighted by molar-refractivity contribution is 7.89. The molecule has 0 fully saturated rings. The normalized spacial score (nSPS) is 17.2. The summed E-state index contributed by atoms with van der Waals surface area (Å²) in [5, 5.41) is 8.92. The van der Waals surface area contributed by atoms with Gasteiger partial charge in [-0.1, -0.05) is 26.0 Å². The van der Waals surface area contributed by atoms with E-state index in [2.05, 4.69) is 4.72 Å². The van der Waals surface area contributed by atoms with Gasteiger partial charge in [0.25, 0.3) is 10.0 Å². The molecule has 0 heterocycles. The summed E-state index contributed by atoms with van der Waals surface area (Å²) < 4.78 is 74.5. The molecule has 0 spiro atoms. The largest absolute Gasteiger partial charge is 0.486 e. The first kappa shape index (κ1) is 24.9.